The number of likely N-dealkylation sites (tertiary alicyclic amines) is 1. The van der Waals surface area contributed by atoms with E-state index in [-0.39, 0.29) is 17.6 Å². The Balaban J connectivity index is 1.23. The highest BCUT2D eigenvalue weighted by Gasteiger charge is 2.26. The van der Waals surface area contributed by atoms with E-state index < -0.39 is 0 Å². The Hall–Kier alpha value is -2.72. The molecular weight excluding hydrogens is 363 g/mol. The van der Waals surface area contributed by atoms with Gasteiger partial charge in [-0.2, -0.15) is 0 Å². The van der Waals surface area contributed by atoms with E-state index in [1.54, 1.807) is 0 Å². The third kappa shape index (κ3) is 3.65. The predicted molar refractivity (Wildman–Crippen MR) is 114 cm³/mol. The maximum atomic E-state index is 13.1. The van der Waals surface area contributed by atoms with Crippen LogP contribution in [0.2, 0.25) is 0 Å². The molecule has 1 heterocycles. The molecule has 0 aromatic heterocycles. The average molecular weight is 388 g/mol. The van der Waals surface area contributed by atoms with Gasteiger partial charge in [0, 0.05) is 23.5 Å². The fraction of sp³-hybridized carbons (Fsp3) is 0.320. The molecule has 3 aromatic rings. The van der Waals surface area contributed by atoms with Crippen molar-refractivity contribution in [3.8, 4) is 0 Å². The number of nitrogens with zero attached hydrogens (tertiary/aromatic N) is 1. The van der Waals surface area contributed by atoms with Gasteiger partial charge in [0.05, 0.1) is 0 Å². The number of halogens is 1. The molecule has 0 spiro atoms. The Kier molecular flexibility index (Phi) is 4.80. The molecule has 0 saturated carbocycles. The number of benzene rings is 3. The van der Waals surface area contributed by atoms with Crippen LogP contribution in [0.1, 0.15) is 29.5 Å². The van der Waals surface area contributed by atoms with Crippen LogP contribution in [-0.2, 0) is 24.2 Å². The van der Waals surface area contributed by atoms with Gasteiger partial charge in [-0.1, -0.05) is 36.4 Å². The SMILES string of the molecule is O=C(Nc1ccc2c3c(cccc13)CC2)C1CCN(Cc2ccc(F)cc2)CC1. The summed E-state index contributed by atoms with van der Waals surface area (Å²) < 4.78 is 13.1. The van der Waals surface area contributed by atoms with E-state index in [1.165, 1.54) is 34.0 Å². The lowest BCUT2D eigenvalue weighted by molar-refractivity contribution is -0.121. The van der Waals surface area contributed by atoms with Crippen molar-refractivity contribution < 1.29 is 9.18 Å². The summed E-state index contributed by atoms with van der Waals surface area (Å²) in [6.45, 7) is 2.59. The first-order valence-corrected chi connectivity index (χ1v) is 10.5. The van der Waals surface area contributed by atoms with Gasteiger partial charge >= 0.3 is 0 Å². The maximum Gasteiger partial charge on any atom is 0.227 e. The van der Waals surface area contributed by atoms with Crippen molar-refractivity contribution >= 4 is 22.4 Å². The van der Waals surface area contributed by atoms with Crippen LogP contribution in [0.4, 0.5) is 10.1 Å². The molecule has 0 unspecified atom stereocenters. The van der Waals surface area contributed by atoms with Crippen LogP contribution in [0.5, 0.6) is 0 Å². The van der Waals surface area contributed by atoms with Crippen LogP contribution < -0.4 is 5.32 Å². The number of nitrogens with one attached hydrogen (secondary N) is 1. The van der Waals surface area contributed by atoms with Crippen LogP contribution >= 0.6 is 0 Å². The minimum Gasteiger partial charge on any atom is -0.325 e. The maximum absolute atomic E-state index is 13.1. The Morgan fingerprint density at radius 3 is 2.45 bits per heavy atom. The molecule has 1 aliphatic carbocycles. The van der Waals surface area contributed by atoms with Crippen molar-refractivity contribution in [2.75, 3.05) is 18.4 Å². The number of amides is 1. The summed E-state index contributed by atoms with van der Waals surface area (Å²) in [5.74, 6) is -0.0280. The minimum atomic E-state index is -0.202. The van der Waals surface area contributed by atoms with Crippen LogP contribution in [0.25, 0.3) is 10.8 Å². The lowest BCUT2D eigenvalue weighted by Gasteiger charge is -2.31. The zero-order valence-electron chi connectivity index (χ0n) is 16.5. The number of carbonyl (C=O) groups excluding carboxylic acids is 1. The third-order valence-electron chi connectivity index (χ3n) is 6.41. The van der Waals surface area contributed by atoms with Crippen LogP contribution in [-0.4, -0.2) is 23.9 Å². The number of rotatable bonds is 4. The molecule has 1 fully saturated rings. The number of carbonyl (C=O) groups is 1. The smallest absolute Gasteiger partial charge is 0.227 e. The largest absolute Gasteiger partial charge is 0.325 e. The van der Waals surface area contributed by atoms with Crippen molar-refractivity contribution in [1.82, 2.24) is 4.90 Å². The van der Waals surface area contributed by atoms with Crippen LogP contribution in [0.3, 0.4) is 0 Å². The van der Waals surface area contributed by atoms with Gasteiger partial charge in [0.15, 0.2) is 0 Å². The van der Waals surface area contributed by atoms with Crippen molar-refractivity contribution in [2.24, 2.45) is 5.92 Å². The van der Waals surface area contributed by atoms with Crippen molar-refractivity contribution in [1.29, 1.82) is 0 Å². The highest BCUT2D eigenvalue weighted by molar-refractivity contribution is 6.05. The Bertz CT molecular complexity index is 1040. The van der Waals surface area contributed by atoms with Gasteiger partial charge < -0.3 is 5.32 Å². The lowest BCUT2D eigenvalue weighted by atomic mass is 9.95. The molecule has 3 nitrogen and oxygen atoms in total. The zero-order valence-corrected chi connectivity index (χ0v) is 16.5. The first-order valence-electron chi connectivity index (χ1n) is 10.5. The highest BCUT2D eigenvalue weighted by Crippen LogP contribution is 2.35. The standard InChI is InChI=1S/C25H25FN2O/c26-21-9-4-17(5-10-21)16-28-14-12-20(13-15-28)25(29)27-23-11-8-19-7-6-18-2-1-3-22(23)24(18)19/h1-5,8-11,20H,6-7,12-16H2,(H,27,29). The summed E-state index contributed by atoms with van der Waals surface area (Å²) in [4.78, 5) is 15.3. The normalized spacial score (nSPS) is 17.0. The molecule has 5 rings (SSSR count). The topological polar surface area (TPSA) is 32.3 Å². The molecule has 1 aliphatic heterocycles. The predicted octanol–water partition coefficient (Wildman–Crippen LogP) is 4.93. The van der Waals surface area contributed by atoms with Gasteiger partial charge in [-0.15, -0.1) is 0 Å². The van der Waals surface area contributed by atoms with Gasteiger partial charge in [-0.3, -0.25) is 9.69 Å². The monoisotopic (exact) mass is 388 g/mol. The minimum absolute atomic E-state index is 0.0440. The van der Waals surface area contributed by atoms with Gasteiger partial charge in [0.25, 0.3) is 0 Å². The molecule has 4 heteroatoms. The van der Waals surface area contributed by atoms with E-state index in [9.17, 15) is 9.18 Å². The molecule has 3 aromatic carbocycles. The molecule has 1 saturated heterocycles. The Morgan fingerprint density at radius 1 is 0.966 bits per heavy atom. The number of aryl methyl sites for hydroxylation is 2. The molecule has 0 bridgehead atoms. The second-order valence-corrected chi connectivity index (χ2v) is 8.28. The van der Waals surface area contributed by atoms with E-state index in [1.807, 2.05) is 12.1 Å². The van der Waals surface area contributed by atoms with Crippen molar-refractivity contribution in [3.05, 3.63) is 77.1 Å². The van der Waals surface area contributed by atoms with Crippen molar-refractivity contribution in [3.63, 3.8) is 0 Å². The molecule has 0 atom stereocenters. The number of hydrogen-bond acceptors (Lipinski definition) is 2. The van der Waals surface area contributed by atoms with E-state index in [2.05, 4.69) is 40.5 Å². The van der Waals surface area contributed by atoms with E-state index in [0.29, 0.717) is 0 Å². The van der Waals surface area contributed by atoms with Crippen LogP contribution in [0.15, 0.2) is 54.6 Å². The summed E-state index contributed by atoms with van der Waals surface area (Å²) in [5.41, 5.74) is 4.83. The molecule has 1 amide bonds. The van der Waals surface area contributed by atoms with Crippen LogP contribution in [0, 0.1) is 11.7 Å². The third-order valence-corrected chi connectivity index (χ3v) is 6.41. The zero-order chi connectivity index (χ0) is 19.8. The number of hydrogen-bond donors (Lipinski definition) is 1. The Morgan fingerprint density at radius 2 is 1.69 bits per heavy atom. The first kappa shape index (κ1) is 18.3. The van der Waals surface area contributed by atoms with Crippen molar-refractivity contribution in [2.45, 2.75) is 32.2 Å². The lowest BCUT2D eigenvalue weighted by Crippen LogP contribution is -2.37. The molecule has 29 heavy (non-hydrogen) atoms. The van der Waals surface area contributed by atoms with Gasteiger partial charge in [-0.05, 0) is 79.0 Å². The molecule has 148 valence electrons. The fourth-order valence-corrected chi connectivity index (χ4v) is 4.79. The average Bonchev–Trinajstić information content (AvgIpc) is 3.17. The molecule has 0 radical (unpaired) electrons. The summed E-state index contributed by atoms with van der Waals surface area (Å²) in [7, 11) is 0. The molecule has 1 N–H and O–H groups in total. The number of anilines is 1. The summed E-state index contributed by atoms with van der Waals surface area (Å²) in [6, 6.07) is 17.3. The van der Waals surface area contributed by atoms with Gasteiger partial charge in [-0.25, -0.2) is 4.39 Å². The Labute approximate surface area is 170 Å². The van der Waals surface area contributed by atoms with Gasteiger partial charge in [0.1, 0.15) is 5.82 Å². The quantitative estimate of drug-likeness (QED) is 0.687. The first-order chi connectivity index (χ1) is 14.2. The van der Waals surface area contributed by atoms with E-state index in [0.717, 1.165) is 56.6 Å². The molecule has 2 aliphatic rings. The summed E-state index contributed by atoms with van der Waals surface area (Å²) >= 11 is 0. The second kappa shape index (κ2) is 7.60. The second-order valence-electron chi connectivity index (χ2n) is 8.28. The van der Waals surface area contributed by atoms with E-state index >= 15 is 0 Å². The number of piperidine rings is 1. The molecular formula is C25H25FN2O. The summed E-state index contributed by atoms with van der Waals surface area (Å²) in [5, 5.41) is 5.71. The summed E-state index contributed by atoms with van der Waals surface area (Å²) in [6.07, 6.45) is 3.90. The highest BCUT2D eigenvalue weighted by atomic mass is 19.1. The van der Waals surface area contributed by atoms with Gasteiger partial charge in [0.2, 0.25) is 5.91 Å². The van der Waals surface area contributed by atoms with E-state index in [4.69, 9.17) is 0 Å². The fourth-order valence-electron chi connectivity index (χ4n) is 4.79.